The van der Waals surface area contributed by atoms with Gasteiger partial charge in [0.15, 0.2) is 0 Å². The van der Waals surface area contributed by atoms with E-state index in [1.165, 1.54) is 24.3 Å². The van der Waals surface area contributed by atoms with Crippen molar-refractivity contribution < 1.29 is 14.6 Å². The third-order valence-corrected chi connectivity index (χ3v) is 4.39. The number of hydrogen-bond acceptors (Lipinski definition) is 9. The van der Waals surface area contributed by atoms with Gasteiger partial charge in [0.2, 0.25) is 17.5 Å². The maximum atomic E-state index is 12.2. The van der Waals surface area contributed by atoms with Crippen molar-refractivity contribution in [3.63, 3.8) is 0 Å². The minimum Gasteiger partial charge on any atom is -0.364 e. The molecule has 1 amide bonds. The molecule has 0 saturated heterocycles. The van der Waals surface area contributed by atoms with Gasteiger partial charge in [-0.25, -0.2) is 9.97 Å². The van der Waals surface area contributed by atoms with Crippen LogP contribution in [-0.2, 0) is 17.6 Å². The van der Waals surface area contributed by atoms with Gasteiger partial charge in [0, 0.05) is 18.7 Å². The predicted octanol–water partition coefficient (Wildman–Crippen LogP) is 2.63. The molecule has 3 aromatic rings. The van der Waals surface area contributed by atoms with Crippen molar-refractivity contribution in [1.29, 1.82) is 0 Å². The molecule has 0 aliphatic rings. The molecule has 0 bridgehead atoms. The third-order valence-electron chi connectivity index (χ3n) is 4.39. The summed E-state index contributed by atoms with van der Waals surface area (Å²) in [6.07, 6.45) is 1.69. The highest BCUT2D eigenvalue weighted by atomic mass is 16.6. The van der Waals surface area contributed by atoms with Gasteiger partial charge in [-0.05, 0) is 17.5 Å². The number of nitrogens with one attached hydrogen (secondary N) is 3. The lowest BCUT2D eigenvalue weighted by molar-refractivity contribution is -0.384. The Kier molecular flexibility index (Phi) is 7.20. The number of nitro groups is 2. The van der Waals surface area contributed by atoms with Crippen LogP contribution in [0.5, 0.6) is 0 Å². The summed E-state index contributed by atoms with van der Waals surface area (Å²) in [6.45, 7) is 0.411. The Hall–Kier alpha value is -4.61. The van der Waals surface area contributed by atoms with Crippen LogP contribution in [0.4, 0.5) is 23.0 Å². The zero-order valence-electron chi connectivity index (χ0n) is 16.7. The molecule has 0 spiro atoms. The molecule has 3 N–H and O–H groups in total. The van der Waals surface area contributed by atoms with Crippen LogP contribution in [0.3, 0.4) is 0 Å². The van der Waals surface area contributed by atoms with Crippen molar-refractivity contribution in [2.24, 2.45) is 0 Å². The number of anilines is 2. The Morgan fingerprint density at radius 2 is 1.56 bits per heavy atom. The number of rotatable bonds is 10. The molecule has 2 aromatic carbocycles. The molecule has 0 unspecified atom stereocenters. The largest absolute Gasteiger partial charge is 0.364 e. The number of benzene rings is 2. The van der Waals surface area contributed by atoms with Crippen molar-refractivity contribution in [2.45, 2.75) is 12.8 Å². The zero-order valence-corrected chi connectivity index (χ0v) is 16.7. The van der Waals surface area contributed by atoms with E-state index in [0.717, 1.165) is 11.9 Å². The van der Waals surface area contributed by atoms with Crippen molar-refractivity contribution >= 4 is 28.9 Å². The highest BCUT2D eigenvalue weighted by Crippen LogP contribution is 2.28. The summed E-state index contributed by atoms with van der Waals surface area (Å²) in [5.74, 6) is -0.664. The van der Waals surface area contributed by atoms with Crippen molar-refractivity contribution in [3.8, 4) is 0 Å². The SMILES string of the molecule is O=C(Cc1ccc([N+](=O)[O-])cc1)NNc1ncnc(NCCc2ccccc2)c1[N+](=O)[O-]. The number of non-ortho nitro benzene ring substituents is 1. The van der Waals surface area contributed by atoms with Crippen LogP contribution < -0.4 is 16.2 Å². The molecule has 0 radical (unpaired) electrons. The van der Waals surface area contributed by atoms with E-state index in [0.29, 0.717) is 18.5 Å². The van der Waals surface area contributed by atoms with Crippen LogP contribution in [0.15, 0.2) is 60.9 Å². The molecule has 0 aliphatic heterocycles. The van der Waals surface area contributed by atoms with Crippen LogP contribution in [0, 0.1) is 20.2 Å². The molecule has 0 fully saturated rings. The molecule has 12 heteroatoms. The lowest BCUT2D eigenvalue weighted by Gasteiger charge is -2.11. The number of amides is 1. The topological polar surface area (TPSA) is 165 Å². The van der Waals surface area contributed by atoms with Gasteiger partial charge in [-0.2, -0.15) is 0 Å². The second-order valence-corrected chi connectivity index (χ2v) is 6.61. The minimum atomic E-state index is -0.643. The summed E-state index contributed by atoms with van der Waals surface area (Å²) in [7, 11) is 0. The quantitative estimate of drug-likeness (QED) is 0.319. The lowest BCUT2D eigenvalue weighted by Crippen LogP contribution is -2.31. The molecule has 1 aromatic heterocycles. The Bertz CT molecular complexity index is 1110. The van der Waals surface area contributed by atoms with Crippen LogP contribution >= 0.6 is 0 Å². The van der Waals surface area contributed by atoms with Gasteiger partial charge < -0.3 is 5.32 Å². The molecule has 3 rings (SSSR count). The Morgan fingerprint density at radius 1 is 0.875 bits per heavy atom. The summed E-state index contributed by atoms with van der Waals surface area (Å²) >= 11 is 0. The van der Waals surface area contributed by atoms with Gasteiger partial charge >= 0.3 is 5.69 Å². The van der Waals surface area contributed by atoms with Gasteiger partial charge in [-0.3, -0.25) is 35.9 Å². The standard InChI is InChI=1S/C20H19N7O5/c28-17(12-15-6-8-16(9-7-15)26(29)30)24-25-20-18(27(31)32)19(22-13-23-20)21-11-10-14-4-2-1-3-5-14/h1-9,13H,10-12H2,(H,24,28)(H2,21,22,23,25). The number of hydrazine groups is 1. The number of carbonyl (C=O) groups excluding carboxylic acids is 1. The highest BCUT2D eigenvalue weighted by Gasteiger charge is 2.23. The van der Waals surface area contributed by atoms with Crippen LogP contribution in [0.2, 0.25) is 0 Å². The van der Waals surface area contributed by atoms with E-state index in [1.807, 2.05) is 30.3 Å². The molecular formula is C20H19N7O5. The summed E-state index contributed by atoms with van der Waals surface area (Å²) in [4.78, 5) is 41.0. The first-order valence-electron chi connectivity index (χ1n) is 9.49. The first-order valence-corrected chi connectivity index (χ1v) is 9.49. The van der Waals surface area contributed by atoms with Crippen LogP contribution in [0.1, 0.15) is 11.1 Å². The van der Waals surface area contributed by atoms with Gasteiger partial charge in [-0.1, -0.05) is 42.5 Å². The second kappa shape index (κ2) is 10.4. The van der Waals surface area contributed by atoms with Gasteiger partial charge in [0.25, 0.3) is 5.69 Å². The van der Waals surface area contributed by atoms with Gasteiger partial charge in [0.1, 0.15) is 6.33 Å². The first-order chi connectivity index (χ1) is 15.4. The number of nitrogens with zero attached hydrogens (tertiary/aromatic N) is 4. The fourth-order valence-electron chi connectivity index (χ4n) is 2.84. The zero-order chi connectivity index (χ0) is 22.9. The molecule has 1 heterocycles. The predicted molar refractivity (Wildman–Crippen MR) is 116 cm³/mol. The van der Waals surface area contributed by atoms with Crippen LogP contribution in [0.25, 0.3) is 0 Å². The van der Waals surface area contributed by atoms with Gasteiger partial charge in [0.05, 0.1) is 16.3 Å². The van der Waals surface area contributed by atoms with E-state index < -0.39 is 21.4 Å². The van der Waals surface area contributed by atoms with E-state index >= 15 is 0 Å². The maximum Gasteiger partial charge on any atom is 0.354 e. The smallest absolute Gasteiger partial charge is 0.354 e. The normalized spacial score (nSPS) is 10.2. The highest BCUT2D eigenvalue weighted by molar-refractivity contribution is 5.81. The fourth-order valence-corrected chi connectivity index (χ4v) is 2.84. The van der Waals surface area contributed by atoms with E-state index in [1.54, 1.807) is 0 Å². The average molecular weight is 437 g/mol. The Morgan fingerprint density at radius 3 is 2.22 bits per heavy atom. The molecular weight excluding hydrogens is 418 g/mol. The van der Waals surface area contributed by atoms with Gasteiger partial charge in [-0.15, -0.1) is 0 Å². The second-order valence-electron chi connectivity index (χ2n) is 6.61. The fraction of sp³-hybridized carbons (Fsp3) is 0.150. The molecule has 32 heavy (non-hydrogen) atoms. The third kappa shape index (κ3) is 5.95. The number of hydrogen-bond donors (Lipinski definition) is 3. The number of carbonyl (C=O) groups is 1. The summed E-state index contributed by atoms with van der Waals surface area (Å²) in [6, 6.07) is 15.1. The summed E-state index contributed by atoms with van der Waals surface area (Å²) < 4.78 is 0. The molecule has 0 atom stereocenters. The van der Waals surface area contributed by atoms with Crippen molar-refractivity contribution in [2.75, 3.05) is 17.3 Å². The molecule has 164 valence electrons. The Labute approximate surface area is 182 Å². The van der Waals surface area contributed by atoms with E-state index in [9.17, 15) is 25.0 Å². The maximum absolute atomic E-state index is 12.2. The monoisotopic (exact) mass is 437 g/mol. The Balaban J connectivity index is 1.61. The molecule has 12 nitrogen and oxygen atoms in total. The molecule has 0 aliphatic carbocycles. The van der Waals surface area contributed by atoms with E-state index in [4.69, 9.17) is 0 Å². The lowest BCUT2D eigenvalue weighted by atomic mass is 10.1. The van der Waals surface area contributed by atoms with E-state index in [-0.39, 0.29) is 23.7 Å². The van der Waals surface area contributed by atoms with Crippen molar-refractivity contribution in [1.82, 2.24) is 15.4 Å². The molecule has 0 saturated carbocycles. The van der Waals surface area contributed by atoms with Crippen LogP contribution in [-0.4, -0.2) is 32.3 Å². The van der Waals surface area contributed by atoms with Crippen molar-refractivity contribution in [3.05, 3.63) is 92.3 Å². The number of aromatic nitrogens is 2. The number of nitro benzene ring substituents is 1. The average Bonchev–Trinajstić information content (AvgIpc) is 2.78. The van der Waals surface area contributed by atoms with E-state index in [2.05, 4.69) is 26.1 Å². The summed E-state index contributed by atoms with van der Waals surface area (Å²) in [5, 5.41) is 25.2. The minimum absolute atomic E-state index is 0.0213. The first kappa shape index (κ1) is 22.1. The summed E-state index contributed by atoms with van der Waals surface area (Å²) in [5.41, 5.74) is 5.90.